The molecule has 0 bridgehead atoms. The summed E-state index contributed by atoms with van der Waals surface area (Å²) in [6.07, 6.45) is 1.51. The van der Waals surface area contributed by atoms with E-state index in [4.69, 9.17) is 35.8 Å². The molecule has 0 unspecified atom stereocenters. The van der Waals surface area contributed by atoms with Crippen LogP contribution < -0.4 is 10.1 Å². The van der Waals surface area contributed by atoms with Crippen LogP contribution in [0.5, 0.6) is 5.75 Å². The summed E-state index contributed by atoms with van der Waals surface area (Å²) in [5.41, 5.74) is 3.48. The summed E-state index contributed by atoms with van der Waals surface area (Å²) in [6.45, 7) is 5.32. The first-order valence-electron chi connectivity index (χ1n) is 9.21. The van der Waals surface area contributed by atoms with E-state index in [9.17, 15) is 0 Å². The molecule has 0 spiro atoms. The number of ether oxygens (including phenoxy) is 3. The number of benzene rings is 1. The van der Waals surface area contributed by atoms with Crippen molar-refractivity contribution in [2.75, 3.05) is 32.8 Å². The Morgan fingerprint density at radius 1 is 1.15 bits per heavy atom. The average Bonchev–Trinajstić information content (AvgIpc) is 3.14. The average molecular weight is 392 g/mol. The van der Waals surface area contributed by atoms with Gasteiger partial charge in [-0.05, 0) is 31.0 Å². The van der Waals surface area contributed by atoms with Crippen molar-refractivity contribution >= 4 is 17.4 Å². The Kier molecular flexibility index (Phi) is 6.52. The van der Waals surface area contributed by atoms with E-state index in [2.05, 4.69) is 19.2 Å². The number of rotatable bonds is 7. The van der Waals surface area contributed by atoms with Crippen molar-refractivity contribution < 1.29 is 14.2 Å². The van der Waals surface area contributed by atoms with Gasteiger partial charge < -0.3 is 19.5 Å². The van der Waals surface area contributed by atoms with Crippen molar-refractivity contribution in [3.63, 3.8) is 0 Å². The first-order chi connectivity index (χ1) is 13.1. The van der Waals surface area contributed by atoms with Gasteiger partial charge in [-0.3, -0.25) is 0 Å². The molecule has 7 heteroatoms. The van der Waals surface area contributed by atoms with Crippen LogP contribution in [-0.2, 0) is 22.3 Å². The molecule has 1 fully saturated rings. The summed E-state index contributed by atoms with van der Waals surface area (Å²) < 4.78 is 16.3. The topological polar surface area (TPSA) is 65.5 Å². The summed E-state index contributed by atoms with van der Waals surface area (Å²) in [5, 5.41) is 4.07. The van der Waals surface area contributed by atoms with E-state index in [1.165, 1.54) is 0 Å². The van der Waals surface area contributed by atoms with E-state index in [-0.39, 0.29) is 12.1 Å². The molecule has 2 atom stereocenters. The molecule has 0 saturated carbocycles. The van der Waals surface area contributed by atoms with E-state index in [1.54, 1.807) is 20.3 Å². The Hall–Kier alpha value is -1.89. The van der Waals surface area contributed by atoms with Crippen LogP contribution in [0.15, 0.2) is 18.2 Å². The molecule has 6 nitrogen and oxygen atoms in total. The summed E-state index contributed by atoms with van der Waals surface area (Å²) in [6, 6.07) is 5.69. The second-order valence-electron chi connectivity index (χ2n) is 6.43. The molecule has 2 aromatic rings. The van der Waals surface area contributed by atoms with Gasteiger partial charge in [-0.25, -0.2) is 9.97 Å². The fourth-order valence-corrected chi connectivity index (χ4v) is 3.48. The van der Waals surface area contributed by atoms with Crippen LogP contribution in [0.2, 0.25) is 5.02 Å². The van der Waals surface area contributed by atoms with Crippen LogP contribution in [-0.4, -0.2) is 49.5 Å². The SMILES string of the molecule is CCc1nc(-c2ccc(OC)cc2Cl)c(CC)nc1N[C@@H]1COC[C@@H]1OC. The van der Waals surface area contributed by atoms with Gasteiger partial charge in [0.05, 0.1) is 48.5 Å². The quantitative estimate of drug-likeness (QED) is 0.775. The molecule has 0 radical (unpaired) electrons. The highest BCUT2D eigenvalue weighted by Crippen LogP contribution is 2.33. The van der Waals surface area contributed by atoms with Gasteiger partial charge in [-0.2, -0.15) is 0 Å². The highest BCUT2D eigenvalue weighted by molar-refractivity contribution is 6.33. The number of nitrogens with zero attached hydrogens (tertiary/aromatic N) is 2. The maximum Gasteiger partial charge on any atom is 0.148 e. The molecule has 0 amide bonds. The fourth-order valence-electron chi connectivity index (χ4n) is 3.22. The second-order valence-corrected chi connectivity index (χ2v) is 6.84. The number of nitrogens with one attached hydrogen (secondary N) is 1. The van der Waals surface area contributed by atoms with E-state index < -0.39 is 0 Å². The molecule has 1 aromatic heterocycles. The first-order valence-corrected chi connectivity index (χ1v) is 9.59. The summed E-state index contributed by atoms with van der Waals surface area (Å²) in [7, 11) is 3.32. The Labute approximate surface area is 165 Å². The first kappa shape index (κ1) is 19.9. The van der Waals surface area contributed by atoms with Gasteiger partial charge in [0, 0.05) is 12.7 Å². The molecule has 1 saturated heterocycles. The minimum absolute atomic E-state index is 0.0114. The highest BCUT2D eigenvalue weighted by Gasteiger charge is 2.29. The van der Waals surface area contributed by atoms with Gasteiger partial charge >= 0.3 is 0 Å². The number of aromatic nitrogens is 2. The third-order valence-corrected chi connectivity index (χ3v) is 5.11. The van der Waals surface area contributed by atoms with Gasteiger partial charge in [-0.15, -0.1) is 0 Å². The van der Waals surface area contributed by atoms with Gasteiger partial charge in [-0.1, -0.05) is 25.4 Å². The van der Waals surface area contributed by atoms with Crippen LogP contribution in [0.4, 0.5) is 5.82 Å². The van der Waals surface area contributed by atoms with Crippen LogP contribution in [0.1, 0.15) is 25.2 Å². The van der Waals surface area contributed by atoms with Crippen molar-refractivity contribution in [1.29, 1.82) is 0 Å². The minimum Gasteiger partial charge on any atom is -0.497 e. The lowest BCUT2D eigenvalue weighted by Crippen LogP contribution is -2.34. The van der Waals surface area contributed by atoms with Gasteiger partial charge in [0.15, 0.2) is 0 Å². The zero-order chi connectivity index (χ0) is 19.4. The van der Waals surface area contributed by atoms with E-state index in [1.807, 2.05) is 12.1 Å². The molecule has 3 rings (SSSR count). The Morgan fingerprint density at radius 2 is 1.93 bits per heavy atom. The molecule has 146 valence electrons. The summed E-state index contributed by atoms with van der Waals surface area (Å²) in [5.74, 6) is 1.51. The third-order valence-electron chi connectivity index (χ3n) is 4.79. The number of aryl methyl sites for hydroxylation is 2. The van der Waals surface area contributed by atoms with E-state index in [0.717, 1.165) is 47.1 Å². The molecule has 1 aliphatic heterocycles. The molecule has 1 aliphatic rings. The lowest BCUT2D eigenvalue weighted by molar-refractivity contribution is 0.0795. The number of hydrogen-bond acceptors (Lipinski definition) is 6. The predicted molar refractivity (Wildman–Crippen MR) is 107 cm³/mol. The van der Waals surface area contributed by atoms with Crippen LogP contribution >= 0.6 is 11.6 Å². The zero-order valence-corrected chi connectivity index (χ0v) is 17.0. The van der Waals surface area contributed by atoms with Gasteiger partial charge in [0.2, 0.25) is 0 Å². The fraction of sp³-hybridized carbons (Fsp3) is 0.500. The highest BCUT2D eigenvalue weighted by atomic mass is 35.5. The normalized spacial score (nSPS) is 19.3. The number of hydrogen-bond donors (Lipinski definition) is 1. The molecule has 2 heterocycles. The molecular weight excluding hydrogens is 366 g/mol. The Morgan fingerprint density at radius 3 is 2.56 bits per heavy atom. The third kappa shape index (κ3) is 4.18. The second kappa shape index (κ2) is 8.87. The van der Waals surface area contributed by atoms with E-state index in [0.29, 0.717) is 18.2 Å². The van der Waals surface area contributed by atoms with Crippen molar-refractivity contribution in [3.05, 3.63) is 34.6 Å². The smallest absolute Gasteiger partial charge is 0.148 e. The van der Waals surface area contributed by atoms with Crippen LogP contribution in [0.3, 0.4) is 0 Å². The molecule has 1 N–H and O–H groups in total. The Bertz CT molecular complexity index is 800. The monoisotopic (exact) mass is 391 g/mol. The summed E-state index contributed by atoms with van der Waals surface area (Å²) >= 11 is 6.49. The number of methoxy groups -OCH3 is 2. The summed E-state index contributed by atoms with van der Waals surface area (Å²) in [4.78, 5) is 9.79. The molecule has 27 heavy (non-hydrogen) atoms. The molecule has 0 aliphatic carbocycles. The van der Waals surface area contributed by atoms with Gasteiger partial charge in [0.25, 0.3) is 0 Å². The van der Waals surface area contributed by atoms with Crippen LogP contribution in [0.25, 0.3) is 11.3 Å². The van der Waals surface area contributed by atoms with Crippen molar-refractivity contribution in [2.45, 2.75) is 38.8 Å². The van der Waals surface area contributed by atoms with Crippen molar-refractivity contribution in [3.8, 4) is 17.0 Å². The maximum absolute atomic E-state index is 6.49. The minimum atomic E-state index is 0.0114. The largest absolute Gasteiger partial charge is 0.497 e. The number of halogens is 1. The van der Waals surface area contributed by atoms with Crippen LogP contribution in [0, 0.1) is 0 Å². The Balaban J connectivity index is 1.99. The van der Waals surface area contributed by atoms with Crippen molar-refractivity contribution in [2.24, 2.45) is 0 Å². The number of anilines is 1. The molecular formula is C20H26ClN3O3. The predicted octanol–water partition coefficient (Wildman–Crippen LogP) is 3.76. The lowest BCUT2D eigenvalue weighted by Gasteiger charge is -2.21. The van der Waals surface area contributed by atoms with E-state index >= 15 is 0 Å². The zero-order valence-electron chi connectivity index (χ0n) is 16.2. The maximum atomic E-state index is 6.49. The van der Waals surface area contributed by atoms with Crippen molar-refractivity contribution in [1.82, 2.24) is 9.97 Å². The lowest BCUT2D eigenvalue weighted by atomic mass is 10.1. The van der Waals surface area contributed by atoms with Gasteiger partial charge in [0.1, 0.15) is 17.7 Å². The molecule has 1 aromatic carbocycles. The standard InChI is InChI=1S/C20H26ClN3O3/c1-5-15-19(13-8-7-12(25-3)9-14(13)21)22-16(6-2)20(23-15)24-17-10-27-11-18(17)26-4/h7-9,17-18H,5-6,10-11H2,1-4H3,(H,23,24)/t17-,18+/m1/s1.